The SMILES string of the molecule is CCCCCOc1cncc(NCCC)c1. The molecule has 3 nitrogen and oxygen atoms in total. The summed E-state index contributed by atoms with van der Waals surface area (Å²) < 4.78 is 5.63. The van der Waals surface area contributed by atoms with Gasteiger partial charge in [0.2, 0.25) is 0 Å². The van der Waals surface area contributed by atoms with E-state index < -0.39 is 0 Å². The topological polar surface area (TPSA) is 34.1 Å². The fraction of sp³-hybridized carbons (Fsp3) is 0.615. The Kier molecular flexibility index (Phi) is 6.38. The van der Waals surface area contributed by atoms with Crippen LogP contribution in [0.5, 0.6) is 5.75 Å². The van der Waals surface area contributed by atoms with E-state index in [4.69, 9.17) is 4.74 Å². The number of ether oxygens (including phenoxy) is 1. The molecule has 0 saturated heterocycles. The second-order valence-electron chi connectivity index (χ2n) is 3.89. The summed E-state index contributed by atoms with van der Waals surface area (Å²) in [5, 5.41) is 3.29. The average molecular weight is 222 g/mol. The molecule has 0 unspecified atom stereocenters. The van der Waals surface area contributed by atoms with Gasteiger partial charge in [0.05, 0.1) is 24.7 Å². The van der Waals surface area contributed by atoms with Crippen LogP contribution < -0.4 is 10.1 Å². The van der Waals surface area contributed by atoms with E-state index in [1.165, 1.54) is 12.8 Å². The number of aromatic nitrogens is 1. The summed E-state index contributed by atoms with van der Waals surface area (Å²) in [5.41, 5.74) is 1.04. The van der Waals surface area contributed by atoms with E-state index >= 15 is 0 Å². The first kappa shape index (κ1) is 12.8. The van der Waals surface area contributed by atoms with Crippen LogP contribution >= 0.6 is 0 Å². The number of unbranched alkanes of at least 4 members (excludes halogenated alkanes) is 2. The summed E-state index contributed by atoms with van der Waals surface area (Å²) in [4.78, 5) is 4.15. The van der Waals surface area contributed by atoms with Crippen LogP contribution in [0.15, 0.2) is 18.5 Å². The lowest BCUT2D eigenvalue weighted by molar-refractivity contribution is 0.305. The molecule has 0 fully saturated rings. The lowest BCUT2D eigenvalue weighted by atomic mass is 10.3. The number of rotatable bonds is 8. The highest BCUT2D eigenvalue weighted by atomic mass is 16.5. The summed E-state index contributed by atoms with van der Waals surface area (Å²) in [5.74, 6) is 0.859. The van der Waals surface area contributed by atoms with Crippen molar-refractivity contribution in [2.24, 2.45) is 0 Å². The fourth-order valence-corrected chi connectivity index (χ4v) is 1.41. The number of pyridine rings is 1. The second kappa shape index (κ2) is 7.97. The van der Waals surface area contributed by atoms with Gasteiger partial charge < -0.3 is 10.1 Å². The normalized spacial score (nSPS) is 10.1. The van der Waals surface area contributed by atoms with E-state index in [-0.39, 0.29) is 0 Å². The molecule has 1 aromatic rings. The van der Waals surface area contributed by atoms with Crippen molar-refractivity contribution in [3.63, 3.8) is 0 Å². The number of hydrogen-bond donors (Lipinski definition) is 1. The van der Waals surface area contributed by atoms with Gasteiger partial charge in [-0.05, 0) is 12.8 Å². The Morgan fingerprint density at radius 2 is 2.06 bits per heavy atom. The smallest absolute Gasteiger partial charge is 0.139 e. The average Bonchev–Trinajstić information content (AvgIpc) is 2.33. The van der Waals surface area contributed by atoms with E-state index in [1.807, 2.05) is 12.3 Å². The number of anilines is 1. The van der Waals surface area contributed by atoms with Crippen molar-refractivity contribution in [3.05, 3.63) is 18.5 Å². The quantitative estimate of drug-likeness (QED) is 0.684. The zero-order valence-electron chi connectivity index (χ0n) is 10.3. The van der Waals surface area contributed by atoms with Crippen LogP contribution in [0.4, 0.5) is 5.69 Å². The number of nitrogens with zero attached hydrogens (tertiary/aromatic N) is 1. The van der Waals surface area contributed by atoms with Gasteiger partial charge in [0.1, 0.15) is 5.75 Å². The molecule has 0 amide bonds. The van der Waals surface area contributed by atoms with Gasteiger partial charge in [0, 0.05) is 12.6 Å². The van der Waals surface area contributed by atoms with E-state index in [9.17, 15) is 0 Å². The molecule has 0 aliphatic rings. The molecule has 90 valence electrons. The maximum absolute atomic E-state index is 5.63. The van der Waals surface area contributed by atoms with E-state index in [0.717, 1.165) is 37.4 Å². The van der Waals surface area contributed by atoms with Crippen molar-refractivity contribution in [3.8, 4) is 5.75 Å². The van der Waals surface area contributed by atoms with Crippen molar-refractivity contribution in [2.45, 2.75) is 39.5 Å². The van der Waals surface area contributed by atoms with Crippen LogP contribution in [-0.4, -0.2) is 18.1 Å². The van der Waals surface area contributed by atoms with Gasteiger partial charge in [-0.15, -0.1) is 0 Å². The standard InChI is InChI=1S/C13H22N2O/c1-3-5-6-8-16-13-9-12(10-14-11-13)15-7-4-2/h9-11,15H,3-8H2,1-2H3. The van der Waals surface area contributed by atoms with Gasteiger partial charge in [0.15, 0.2) is 0 Å². The maximum atomic E-state index is 5.63. The Morgan fingerprint density at radius 1 is 1.19 bits per heavy atom. The lowest BCUT2D eigenvalue weighted by Crippen LogP contribution is -2.02. The molecule has 1 heterocycles. The van der Waals surface area contributed by atoms with Crippen molar-refractivity contribution in [1.82, 2.24) is 4.98 Å². The van der Waals surface area contributed by atoms with Crippen LogP contribution in [0.3, 0.4) is 0 Å². The fourth-order valence-electron chi connectivity index (χ4n) is 1.41. The van der Waals surface area contributed by atoms with Crippen LogP contribution in [0.25, 0.3) is 0 Å². The first-order valence-corrected chi connectivity index (χ1v) is 6.18. The van der Waals surface area contributed by atoms with Crippen LogP contribution in [0.2, 0.25) is 0 Å². The molecule has 0 radical (unpaired) electrons. The highest BCUT2D eigenvalue weighted by molar-refractivity contribution is 5.44. The van der Waals surface area contributed by atoms with Gasteiger partial charge in [-0.3, -0.25) is 4.98 Å². The Hall–Kier alpha value is -1.25. The summed E-state index contributed by atoms with van der Waals surface area (Å²) in [7, 11) is 0. The predicted octanol–water partition coefficient (Wildman–Crippen LogP) is 3.47. The maximum Gasteiger partial charge on any atom is 0.139 e. The van der Waals surface area contributed by atoms with E-state index in [2.05, 4.69) is 24.1 Å². The second-order valence-corrected chi connectivity index (χ2v) is 3.89. The molecule has 0 aromatic carbocycles. The lowest BCUT2D eigenvalue weighted by Gasteiger charge is -2.08. The molecule has 0 aliphatic carbocycles. The predicted molar refractivity (Wildman–Crippen MR) is 68.0 cm³/mol. The van der Waals surface area contributed by atoms with Crippen LogP contribution in [0, 0.1) is 0 Å². The van der Waals surface area contributed by atoms with Crippen molar-refractivity contribution in [1.29, 1.82) is 0 Å². The minimum absolute atomic E-state index is 0.784. The molecule has 1 rings (SSSR count). The molecule has 0 aliphatic heterocycles. The molecule has 0 atom stereocenters. The Labute approximate surface area is 98.2 Å². The van der Waals surface area contributed by atoms with Crippen LogP contribution in [-0.2, 0) is 0 Å². The Morgan fingerprint density at radius 3 is 2.81 bits per heavy atom. The molecular formula is C13H22N2O. The number of hydrogen-bond acceptors (Lipinski definition) is 3. The third-order valence-corrected chi connectivity index (χ3v) is 2.31. The highest BCUT2D eigenvalue weighted by Gasteiger charge is 1.97. The third-order valence-electron chi connectivity index (χ3n) is 2.31. The Balaban J connectivity index is 2.35. The summed E-state index contributed by atoms with van der Waals surface area (Å²) in [6.45, 7) is 6.09. The van der Waals surface area contributed by atoms with Crippen molar-refractivity contribution >= 4 is 5.69 Å². The van der Waals surface area contributed by atoms with E-state index in [1.54, 1.807) is 6.20 Å². The summed E-state index contributed by atoms with van der Waals surface area (Å²) in [6, 6.07) is 2.01. The van der Waals surface area contributed by atoms with E-state index in [0.29, 0.717) is 0 Å². The Bertz CT molecular complexity index is 289. The van der Waals surface area contributed by atoms with Gasteiger partial charge >= 0.3 is 0 Å². The van der Waals surface area contributed by atoms with Crippen LogP contribution in [0.1, 0.15) is 39.5 Å². The molecule has 1 N–H and O–H groups in total. The van der Waals surface area contributed by atoms with Gasteiger partial charge in [-0.2, -0.15) is 0 Å². The molecular weight excluding hydrogens is 200 g/mol. The monoisotopic (exact) mass is 222 g/mol. The highest BCUT2D eigenvalue weighted by Crippen LogP contribution is 2.15. The molecule has 3 heteroatoms. The molecule has 0 spiro atoms. The summed E-state index contributed by atoms with van der Waals surface area (Å²) >= 11 is 0. The first-order chi connectivity index (χ1) is 7.86. The zero-order chi connectivity index (χ0) is 11.6. The molecule has 16 heavy (non-hydrogen) atoms. The van der Waals surface area contributed by atoms with Gasteiger partial charge in [0.25, 0.3) is 0 Å². The molecule has 1 aromatic heterocycles. The summed E-state index contributed by atoms with van der Waals surface area (Å²) in [6.07, 6.45) is 8.27. The first-order valence-electron chi connectivity index (χ1n) is 6.18. The van der Waals surface area contributed by atoms with Crippen molar-refractivity contribution < 1.29 is 4.74 Å². The molecule has 0 saturated carbocycles. The van der Waals surface area contributed by atoms with Gasteiger partial charge in [-0.1, -0.05) is 26.7 Å². The van der Waals surface area contributed by atoms with Gasteiger partial charge in [-0.25, -0.2) is 0 Å². The minimum atomic E-state index is 0.784. The number of nitrogens with one attached hydrogen (secondary N) is 1. The third kappa shape index (κ3) is 5.01. The minimum Gasteiger partial charge on any atom is -0.492 e. The molecule has 0 bridgehead atoms. The largest absolute Gasteiger partial charge is 0.492 e. The van der Waals surface area contributed by atoms with Crippen molar-refractivity contribution in [2.75, 3.05) is 18.5 Å². The zero-order valence-corrected chi connectivity index (χ0v) is 10.3.